The number of anilines is 1. The smallest absolute Gasteiger partial charge is 0.204 e. The topological polar surface area (TPSA) is 65.1 Å². The Hall–Kier alpha value is -3.60. The number of benzene rings is 3. The van der Waals surface area contributed by atoms with Crippen LogP contribution in [-0.2, 0) is 0 Å². The number of hydrogen-bond acceptors (Lipinski definition) is 3. The first kappa shape index (κ1) is 16.8. The maximum Gasteiger partial charge on any atom is 0.204 e. The quantitative estimate of drug-likeness (QED) is 0.499. The van der Waals surface area contributed by atoms with Crippen molar-refractivity contribution in [1.29, 1.82) is 0 Å². The van der Waals surface area contributed by atoms with Gasteiger partial charge in [-0.3, -0.25) is 4.79 Å². The van der Waals surface area contributed by atoms with Gasteiger partial charge < -0.3 is 15.4 Å². The molecule has 1 aromatic heterocycles. The highest BCUT2D eigenvalue weighted by Crippen LogP contribution is 2.37. The van der Waals surface area contributed by atoms with Crippen LogP contribution in [0.1, 0.15) is 17.2 Å². The van der Waals surface area contributed by atoms with Crippen LogP contribution in [0.5, 0.6) is 5.75 Å². The maximum absolute atomic E-state index is 13.5. The molecule has 0 saturated carbocycles. The minimum atomic E-state index is -0.541. The molecule has 4 rings (SSSR count). The van der Waals surface area contributed by atoms with Crippen molar-refractivity contribution in [2.45, 2.75) is 6.04 Å². The zero-order chi connectivity index (χ0) is 18.8. The number of pyridine rings is 1. The molecule has 3 N–H and O–H groups in total. The Morgan fingerprint density at radius 2 is 1.74 bits per heavy atom. The fraction of sp³-hybridized carbons (Fsp3) is 0.0455. The van der Waals surface area contributed by atoms with E-state index in [-0.39, 0.29) is 17.0 Å². The van der Waals surface area contributed by atoms with E-state index in [1.807, 2.05) is 30.3 Å². The Kier molecular flexibility index (Phi) is 4.34. The van der Waals surface area contributed by atoms with Crippen LogP contribution in [0.25, 0.3) is 10.8 Å². The second-order valence-electron chi connectivity index (χ2n) is 6.27. The predicted molar refractivity (Wildman–Crippen MR) is 105 cm³/mol. The first-order chi connectivity index (χ1) is 13.1. The molecule has 0 bridgehead atoms. The third-order valence-electron chi connectivity index (χ3n) is 4.56. The maximum atomic E-state index is 13.5. The van der Waals surface area contributed by atoms with Crippen molar-refractivity contribution in [2.75, 3.05) is 5.32 Å². The molecule has 1 unspecified atom stereocenters. The van der Waals surface area contributed by atoms with Crippen molar-refractivity contribution in [2.24, 2.45) is 0 Å². The summed E-state index contributed by atoms with van der Waals surface area (Å²) < 4.78 is 13.5. The molecule has 0 aliphatic heterocycles. The number of H-pyrrole nitrogens is 1. The van der Waals surface area contributed by atoms with Gasteiger partial charge in [0.25, 0.3) is 0 Å². The van der Waals surface area contributed by atoms with Gasteiger partial charge in [0, 0.05) is 24.0 Å². The molecule has 0 saturated heterocycles. The van der Waals surface area contributed by atoms with Gasteiger partial charge in [0.1, 0.15) is 11.6 Å². The Bertz CT molecular complexity index is 1150. The van der Waals surface area contributed by atoms with E-state index in [9.17, 15) is 14.3 Å². The second kappa shape index (κ2) is 6.96. The van der Waals surface area contributed by atoms with E-state index in [2.05, 4.69) is 10.3 Å². The lowest BCUT2D eigenvalue weighted by Gasteiger charge is -2.23. The molecule has 0 radical (unpaired) electrons. The van der Waals surface area contributed by atoms with Gasteiger partial charge in [0.2, 0.25) is 5.43 Å². The average molecular weight is 360 g/mol. The van der Waals surface area contributed by atoms with Gasteiger partial charge in [-0.15, -0.1) is 0 Å². The predicted octanol–water partition coefficient (Wildman–Crippen LogP) is 4.57. The summed E-state index contributed by atoms with van der Waals surface area (Å²) in [4.78, 5) is 15.1. The molecule has 1 atom stereocenters. The second-order valence-corrected chi connectivity index (χ2v) is 6.27. The number of rotatable bonds is 4. The molecular formula is C22H17FN2O2. The van der Waals surface area contributed by atoms with E-state index in [4.69, 9.17) is 0 Å². The molecule has 0 fully saturated rings. The molecular weight excluding hydrogens is 343 g/mol. The van der Waals surface area contributed by atoms with E-state index in [0.717, 1.165) is 16.3 Å². The number of nitrogens with one attached hydrogen (secondary N) is 2. The van der Waals surface area contributed by atoms with Gasteiger partial charge in [-0.1, -0.05) is 42.5 Å². The lowest BCUT2D eigenvalue weighted by molar-refractivity contribution is 0.468. The number of aromatic amines is 1. The van der Waals surface area contributed by atoms with E-state index < -0.39 is 6.04 Å². The largest absolute Gasteiger partial charge is 0.508 e. The van der Waals surface area contributed by atoms with Gasteiger partial charge in [-0.05, 0) is 34.5 Å². The molecule has 0 aliphatic carbocycles. The van der Waals surface area contributed by atoms with Crippen molar-refractivity contribution in [3.63, 3.8) is 0 Å². The van der Waals surface area contributed by atoms with Gasteiger partial charge in [0.05, 0.1) is 11.7 Å². The van der Waals surface area contributed by atoms with Crippen LogP contribution in [-0.4, -0.2) is 10.1 Å². The molecule has 0 aliphatic rings. The van der Waals surface area contributed by atoms with Crippen molar-refractivity contribution in [3.8, 4) is 5.75 Å². The molecule has 5 heteroatoms. The minimum absolute atomic E-state index is 0.0999. The SMILES string of the molecule is O=c1cc[nH]cc1NC(c1ccc(F)cc1)c1c(O)ccc2ccccc12. The van der Waals surface area contributed by atoms with Gasteiger partial charge in [-0.2, -0.15) is 0 Å². The number of fused-ring (bicyclic) bond motifs is 1. The van der Waals surface area contributed by atoms with Crippen LogP contribution < -0.4 is 10.7 Å². The van der Waals surface area contributed by atoms with Gasteiger partial charge >= 0.3 is 0 Å². The van der Waals surface area contributed by atoms with Crippen LogP contribution in [0.15, 0.2) is 83.9 Å². The normalized spacial score (nSPS) is 12.0. The van der Waals surface area contributed by atoms with Crippen molar-refractivity contribution in [3.05, 3.63) is 106 Å². The summed E-state index contributed by atoms with van der Waals surface area (Å²) in [7, 11) is 0. The third kappa shape index (κ3) is 3.27. The fourth-order valence-electron chi connectivity index (χ4n) is 3.25. The Morgan fingerprint density at radius 1 is 0.963 bits per heavy atom. The van der Waals surface area contributed by atoms with E-state index in [1.165, 1.54) is 18.2 Å². The lowest BCUT2D eigenvalue weighted by Crippen LogP contribution is -2.18. The summed E-state index contributed by atoms with van der Waals surface area (Å²) in [6.07, 6.45) is 3.12. The highest BCUT2D eigenvalue weighted by atomic mass is 19.1. The van der Waals surface area contributed by atoms with Crippen LogP contribution in [0.3, 0.4) is 0 Å². The summed E-state index contributed by atoms with van der Waals surface area (Å²) >= 11 is 0. The molecule has 0 spiro atoms. The summed E-state index contributed by atoms with van der Waals surface area (Å²) in [6, 6.07) is 18.0. The Labute approximate surface area is 154 Å². The van der Waals surface area contributed by atoms with E-state index in [0.29, 0.717) is 11.3 Å². The zero-order valence-corrected chi connectivity index (χ0v) is 14.3. The van der Waals surface area contributed by atoms with Crippen molar-refractivity contribution >= 4 is 16.5 Å². The van der Waals surface area contributed by atoms with Crippen molar-refractivity contribution in [1.82, 2.24) is 4.98 Å². The number of phenolic OH excluding ortho intramolecular Hbond substituents is 1. The number of aromatic hydroxyl groups is 1. The fourth-order valence-corrected chi connectivity index (χ4v) is 3.25. The standard InChI is InChI=1S/C22H17FN2O2/c23-16-8-5-15(6-9-16)22(25-18-13-24-12-11-19(18)26)21-17-4-2-1-3-14(17)7-10-20(21)27/h1-13,22,25,27H,(H,24,26). The average Bonchev–Trinajstić information content (AvgIpc) is 2.69. The summed E-state index contributed by atoms with van der Waals surface area (Å²) in [5, 5.41) is 15.7. The number of hydrogen-bond donors (Lipinski definition) is 3. The summed E-state index contributed by atoms with van der Waals surface area (Å²) in [5.74, 6) is -0.250. The van der Waals surface area contributed by atoms with Crippen LogP contribution in [0, 0.1) is 5.82 Å². The highest BCUT2D eigenvalue weighted by Gasteiger charge is 2.21. The number of halogens is 1. The van der Waals surface area contributed by atoms with Gasteiger partial charge in [0.15, 0.2) is 0 Å². The Balaban J connectivity index is 1.93. The monoisotopic (exact) mass is 360 g/mol. The van der Waals surface area contributed by atoms with Crippen LogP contribution >= 0.6 is 0 Å². The molecule has 3 aromatic carbocycles. The number of aromatic nitrogens is 1. The molecule has 27 heavy (non-hydrogen) atoms. The first-order valence-corrected chi connectivity index (χ1v) is 8.53. The number of phenols is 1. The Morgan fingerprint density at radius 3 is 2.52 bits per heavy atom. The zero-order valence-electron chi connectivity index (χ0n) is 14.3. The molecule has 1 heterocycles. The summed E-state index contributed by atoms with van der Waals surface area (Å²) in [5.41, 5.74) is 1.54. The van der Waals surface area contributed by atoms with Crippen LogP contribution in [0.4, 0.5) is 10.1 Å². The minimum Gasteiger partial charge on any atom is -0.508 e. The first-order valence-electron chi connectivity index (χ1n) is 8.53. The van der Waals surface area contributed by atoms with E-state index in [1.54, 1.807) is 30.6 Å². The van der Waals surface area contributed by atoms with Crippen molar-refractivity contribution < 1.29 is 9.50 Å². The van der Waals surface area contributed by atoms with Gasteiger partial charge in [-0.25, -0.2) is 4.39 Å². The van der Waals surface area contributed by atoms with Crippen LogP contribution in [0.2, 0.25) is 0 Å². The summed E-state index contributed by atoms with van der Waals surface area (Å²) in [6.45, 7) is 0. The third-order valence-corrected chi connectivity index (χ3v) is 4.56. The molecule has 4 nitrogen and oxygen atoms in total. The lowest BCUT2D eigenvalue weighted by atomic mass is 9.92. The molecule has 134 valence electrons. The molecule has 0 amide bonds. The van der Waals surface area contributed by atoms with E-state index >= 15 is 0 Å². The molecule has 4 aromatic rings. The highest BCUT2D eigenvalue weighted by molar-refractivity contribution is 5.89.